The molecule has 6 nitrogen and oxygen atoms in total. The molecule has 0 spiro atoms. The molecule has 2 N–H and O–H groups in total. The Morgan fingerprint density at radius 2 is 2.05 bits per heavy atom. The maximum Gasteiger partial charge on any atom is 0.239 e. The minimum atomic E-state index is -3.42. The molecule has 0 fully saturated rings. The van der Waals surface area contributed by atoms with E-state index in [1.54, 1.807) is 24.3 Å². The van der Waals surface area contributed by atoms with Crippen LogP contribution in [0.4, 0.5) is 5.69 Å². The van der Waals surface area contributed by atoms with E-state index in [4.69, 9.17) is 5.26 Å². The monoisotopic (exact) mass is 295 g/mol. The fraction of sp³-hybridized carbons (Fsp3) is 0.385. The first kappa shape index (κ1) is 16.1. The first-order valence-electron chi connectivity index (χ1n) is 6.25. The molecule has 1 rings (SSSR count). The molecule has 0 heterocycles. The summed E-state index contributed by atoms with van der Waals surface area (Å²) in [7, 11) is -3.42. The third kappa shape index (κ3) is 5.38. The third-order valence-corrected chi connectivity index (χ3v) is 3.95. The zero-order valence-corrected chi connectivity index (χ0v) is 12.0. The van der Waals surface area contributed by atoms with Crippen molar-refractivity contribution in [3.8, 4) is 6.07 Å². The minimum absolute atomic E-state index is 0.00552. The number of nitrogens with one attached hydrogen (secondary N) is 2. The highest BCUT2D eigenvalue weighted by Crippen LogP contribution is 2.12. The molecule has 7 heteroatoms. The van der Waals surface area contributed by atoms with Crippen LogP contribution < -0.4 is 10.0 Å². The lowest BCUT2D eigenvalue weighted by Gasteiger charge is -2.08. The molecular weight excluding hydrogens is 278 g/mol. The van der Waals surface area contributed by atoms with Crippen LogP contribution in [0.25, 0.3) is 0 Å². The number of nitrogens with zero attached hydrogens (tertiary/aromatic N) is 1. The number of para-hydroxylation sites is 1. The van der Waals surface area contributed by atoms with Gasteiger partial charge in [-0.25, -0.2) is 13.1 Å². The Morgan fingerprint density at radius 1 is 1.35 bits per heavy atom. The molecule has 1 amide bonds. The molecule has 0 saturated heterocycles. The molecule has 0 aliphatic carbocycles. The number of carbonyl (C=O) groups is 1. The maximum absolute atomic E-state index is 11.7. The molecule has 0 bridgehead atoms. The highest BCUT2D eigenvalue weighted by atomic mass is 32.2. The Morgan fingerprint density at radius 3 is 2.70 bits per heavy atom. The van der Waals surface area contributed by atoms with Gasteiger partial charge in [0.15, 0.2) is 0 Å². The number of amides is 1. The van der Waals surface area contributed by atoms with Crippen molar-refractivity contribution in [3.05, 3.63) is 29.8 Å². The lowest BCUT2D eigenvalue weighted by atomic mass is 10.2. The quantitative estimate of drug-likeness (QED) is 0.790. The van der Waals surface area contributed by atoms with E-state index in [2.05, 4.69) is 10.0 Å². The van der Waals surface area contributed by atoms with E-state index in [1.165, 1.54) is 0 Å². The number of unbranched alkanes of at least 4 members (excludes halogenated alkanes) is 1. The molecule has 108 valence electrons. The van der Waals surface area contributed by atoms with Gasteiger partial charge < -0.3 is 5.32 Å². The molecule has 1 aromatic rings. The van der Waals surface area contributed by atoms with Gasteiger partial charge in [-0.2, -0.15) is 5.26 Å². The summed E-state index contributed by atoms with van der Waals surface area (Å²) >= 11 is 0. The largest absolute Gasteiger partial charge is 0.324 e. The van der Waals surface area contributed by atoms with Gasteiger partial charge >= 0.3 is 0 Å². The van der Waals surface area contributed by atoms with Crippen molar-refractivity contribution in [2.24, 2.45) is 0 Å². The maximum atomic E-state index is 11.7. The van der Waals surface area contributed by atoms with Crippen LogP contribution in [-0.4, -0.2) is 26.6 Å². The number of rotatable bonds is 7. The second-order valence-corrected chi connectivity index (χ2v) is 6.13. The van der Waals surface area contributed by atoms with Crippen LogP contribution in [0.3, 0.4) is 0 Å². The first-order chi connectivity index (χ1) is 9.48. The van der Waals surface area contributed by atoms with Gasteiger partial charge in [0.25, 0.3) is 0 Å². The zero-order chi connectivity index (χ0) is 15.0. The zero-order valence-electron chi connectivity index (χ0n) is 11.2. The highest BCUT2D eigenvalue weighted by Gasteiger charge is 2.12. The van der Waals surface area contributed by atoms with E-state index >= 15 is 0 Å². The van der Waals surface area contributed by atoms with Crippen LogP contribution in [0, 0.1) is 11.3 Å². The number of nitriles is 1. The van der Waals surface area contributed by atoms with E-state index in [1.807, 2.05) is 13.0 Å². The summed E-state index contributed by atoms with van der Waals surface area (Å²) < 4.78 is 25.3. The summed E-state index contributed by atoms with van der Waals surface area (Å²) in [5.74, 6) is -0.501. The van der Waals surface area contributed by atoms with Gasteiger partial charge in [-0.15, -0.1) is 0 Å². The van der Waals surface area contributed by atoms with Gasteiger partial charge in [0.05, 0.1) is 23.5 Å². The summed E-state index contributed by atoms with van der Waals surface area (Å²) in [5.41, 5.74) is 0.697. The summed E-state index contributed by atoms with van der Waals surface area (Å²) in [6.45, 7) is 1.55. The van der Waals surface area contributed by atoms with Gasteiger partial charge in [0.1, 0.15) is 6.07 Å². The Labute approximate surface area is 118 Å². The second-order valence-electron chi connectivity index (χ2n) is 4.20. The van der Waals surface area contributed by atoms with Crippen LogP contribution in [-0.2, 0) is 14.8 Å². The average molecular weight is 295 g/mol. The Kier molecular flexibility index (Phi) is 6.15. The standard InChI is InChI=1S/C13H17N3O3S/c1-2-3-8-20(18,19)15-10-13(17)16-12-7-5-4-6-11(12)9-14/h4-7,15H,2-3,8,10H2,1H3,(H,16,17). The summed E-state index contributed by atoms with van der Waals surface area (Å²) in [6.07, 6.45) is 1.32. The molecule has 0 atom stereocenters. The van der Waals surface area contributed by atoms with E-state index < -0.39 is 15.9 Å². The van der Waals surface area contributed by atoms with Crippen molar-refractivity contribution >= 4 is 21.6 Å². The first-order valence-corrected chi connectivity index (χ1v) is 7.90. The predicted octanol–water partition coefficient (Wildman–Crippen LogP) is 1.22. The van der Waals surface area contributed by atoms with Crippen LogP contribution >= 0.6 is 0 Å². The Bertz CT molecular complexity index is 606. The van der Waals surface area contributed by atoms with Crippen molar-refractivity contribution in [1.82, 2.24) is 4.72 Å². The lowest BCUT2D eigenvalue weighted by molar-refractivity contribution is -0.115. The smallest absolute Gasteiger partial charge is 0.239 e. The van der Waals surface area contributed by atoms with Crippen molar-refractivity contribution < 1.29 is 13.2 Å². The second kappa shape index (κ2) is 7.62. The van der Waals surface area contributed by atoms with Crippen molar-refractivity contribution in [3.63, 3.8) is 0 Å². The molecule has 0 aliphatic rings. The number of hydrogen-bond acceptors (Lipinski definition) is 4. The van der Waals surface area contributed by atoms with Gasteiger partial charge in [-0.3, -0.25) is 4.79 Å². The van der Waals surface area contributed by atoms with Crippen molar-refractivity contribution in [2.45, 2.75) is 19.8 Å². The number of carbonyl (C=O) groups excluding carboxylic acids is 1. The van der Waals surface area contributed by atoms with Crippen LogP contribution in [0.2, 0.25) is 0 Å². The van der Waals surface area contributed by atoms with Gasteiger partial charge in [-0.1, -0.05) is 25.5 Å². The topological polar surface area (TPSA) is 99.1 Å². The molecule has 0 aliphatic heterocycles. The lowest BCUT2D eigenvalue weighted by Crippen LogP contribution is -2.34. The normalized spacial score (nSPS) is 10.8. The molecule has 0 saturated carbocycles. The number of sulfonamides is 1. The molecule has 1 aromatic carbocycles. The minimum Gasteiger partial charge on any atom is -0.324 e. The molecule has 20 heavy (non-hydrogen) atoms. The van der Waals surface area contributed by atoms with Gasteiger partial charge in [0, 0.05) is 0 Å². The van der Waals surface area contributed by atoms with Crippen molar-refractivity contribution in [2.75, 3.05) is 17.6 Å². The number of hydrogen-bond donors (Lipinski definition) is 2. The summed E-state index contributed by atoms with van der Waals surface area (Å²) in [5, 5.41) is 11.4. The van der Waals surface area contributed by atoms with E-state index in [9.17, 15) is 13.2 Å². The van der Waals surface area contributed by atoms with Crippen LogP contribution in [0.5, 0.6) is 0 Å². The van der Waals surface area contributed by atoms with Gasteiger partial charge in [0.2, 0.25) is 15.9 Å². The highest BCUT2D eigenvalue weighted by molar-refractivity contribution is 7.89. The van der Waals surface area contributed by atoms with E-state index in [0.29, 0.717) is 17.7 Å². The summed E-state index contributed by atoms with van der Waals surface area (Å²) in [6, 6.07) is 8.47. The number of anilines is 1. The summed E-state index contributed by atoms with van der Waals surface area (Å²) in [4.78, 5) is 11.7. The van der Waals surface area contributed by atoms with E-state index in [0.717, 1.165) is 6.42 Å². The molecular formula is C13H17N3O3S. The third-order valence-electron chi connectivity index (χ3n) is 2.54. The van der Waals surface area contributed by atoms with E-state index in [-0.39, 0.29) is 12.3 Å². The Hall–Kier alpha value is -1.91. The van der Waals surface area contributed by atoms with Crippen LogP contribution in [0.15, 0.2) is 24.3 Å². The SMILES string of the molecule is CCCCS(=O)(=O)NCC(=O)Nc1ccccc1C#N. The molecule has 0 radical (unpaired) electrons. The fourth-order valence-electron chi connectivity index (χ4n) is 1.47. The molecule has 0 aromatic heterocycles. The van der Waals surface area contributed by atoms with Crippen molar-refractivity contribution in [1.29, 1.82) is 5.26 Å². The number of benzene rings is 1. The molecule has 0 unspecified atom stereocenters. The fourth-order valence-corrected chi connectivity index (χ4v) is 2.63. The predicted molar refractivity (Wildman–Crippen MR) is 76.5 cm³/mol. The van der Waals surface area contributed by atoms with Crippen LogP contribution in [0.1, 0.15) is 25.3 Å². The Balaban J connectivity index is 2.55. The average Bonchev–Trinajstić information content (AvgIpc) is 2.44. The van der Waals surface area contributed by atoms with Gasteiger partial charge in [-0.05, 0) is 18.6 Å².